The molecule has 0 saturated carbocycles. The van der Waals surface area contributed by atoms with Gasteiger partial charge >= 0.3 is 0 Å². The molecule has 0 N–H and O–H groups in total. The molecule has 0 bridgehead atoms. The Labute approximate surface area is 168 Å². The van der Waals surface area contributed by atoms with Gasteiger partial charge in [0.1, 0.15) is 0 Å². The quantitative estimate of drug-likeness (QED) is 0.328. The van der Waals surface area contributed by atoms with Crippen LogP contribution in [0.4, 0.5) is 0 Å². The molecule has 0 spiro atoms. The number of hydrogen-bond donors (Lipinski definition) is 0. The lowest BCUT2D eigenvalue weighted by Crippen LogP contribution is -1.99. The van der Waals surface area contributed by atoms with Gasteiger partial charge in [0, 0.05) is 15.6 Å². The lowest BCUT2D eigenvalue weighted by Gasteiger charge is -2.00. The van der Waals surface area contributed by atoms with E-state index in [1.807, 2.05) is 78.9 Å². The summed E-state index contributed by atoms with van der Waals surface area (Å²) in [5, 5.41) is 0. The van der Waals surface area contributed by atoms with E-state index in [2.05, 4.69) is 52.3 Å². The number of benzene rings is 4. The third kappa shape index (κ3) is 5.50. The zero-order chi connectivity index (χ0) is 18.9. The molecule has 0 saturated heterocycles. The van der Waals surface area contributed by atoms with Crippen LogP contribution in [0.15, 0.2) is 120 Å². The molecule has 0 unspecified atom stereocenters. The van der Waals surface area contributed by atoms with Crippen molar-refractivity contribution in [2.75, 3.05) is 0 Å². The van der Waals surface area contributed by atoms with Gasteiger partial charge in [-0.3, -0.25) is 4.79 Å². The largest absolute Gasteiger partial charge is 0.289 e. The van der Waals surface area contributed by atoms with Gasteiger partial charge in [-0.25, -0.2) is 0 Å². The molecule has 1 nitrogen and oxygen atoms in total. The average molecular weight is 415 g/mol. The van der Waals surface area contributed by atoms with E-state index in [0.29, 0.717) is 0 Å². The fraction of sp³-hybridized carbons (Fsp3) is 0. The molecule has 0 aliphatic rings. The SMILES string of the molecule is Brc1cccc(-c2ccccc2)c1.O=C(c1ccccc1)c1ccccc1. The Morgan fingerprint density at radius 1 is 0.519 bits per heavy atom. The molecule has 0 atom stereocenters. The summed E-state index contributed by atoms with van der Waals surface area (Å²) in [5.74, 6) is 0.0752. The van der Waals surface area contributed by atoms with Gasteiger partial charge in [-0.05, 0) is 23.3 Å². The molecule has 0 radical (unpaired) electrons. The van der Waals surface area contributed by atoms with Crippen molar-refractivity contribution in [3.05, 3.63) is 131 Å². The number of ketones is 1. The van der Waals surface area contributed by atoms with Crippen molar-refractivity contribution in [2.24, 2.45) is 0 Å². The smallest absolute Gasteiger partial charge is 0.193 e. The molecular formula is C25H19BrO. The van der Waals surface area contributed by atoms with Crippen molar-refractivity contribution in [3.8, 4) is 11.1 Å². The van der Waals surface area contributed by atoms with E-state index in [-0.39, 0.29) is 5.78 Å². The van der Waals surface area contributed by atoms with E-state index in [9.17, 15) is 4.79 Å². The fourth-order valence-corrected chi connectivity index (χ4v) is 3.04. The van der Waals surface area contributed by atoms with Gasteiger partial charge in [-0.2, -0.15) is 0 Å². The predicted molar refractivity (Wildman–Crippen MR) is 116 cm³/mol. The molecule has 0 aromatic heterocycles. The highest BCUT2D eigenvalue weighted by Crippen LogP contribution is 2.22. The molecule has 132 valence electrons. The first-order chi connectivity index (χ1) is 13.2. The average Bonchev–Trinajstić information content (AvgIpc) is 2.75. The van der Waals surface area contributed by atoms with Gasteiger partial charge in [-0.15, -0.1) is 0 Å². The number of carbonyl (C=O) groups is 1. The van der Waals surface area contributed by atoms with Crippen LogP contribution < -0.4 is 0 Å². The second kappa shape index (κ2) is 9.65. The summed E-state index contributed by atoms with van der Waals surface area (Å²) < 4.78 is 1.12. The van der Waals surface area contributed by atoms with Crippen LogP contribution in [-0.2, 0) is 0 Å². The summed E-state index contributed by atoms with van der Waals surface area (Å²) in [5.41, 5.74) is 3.97. The first-order valence-corrected chi connectivity index (χ1v) is 9.49. The zero-order valence-electron chi connectivity index (χ0n) is 14.8. The summed E-state index contributed by atoms with van der Waals surface area (Å²) in [6.45, 7) is 0. The summed E-state index contributed by atoms with van der Waals surface area (Å²) >= 11 is 3.46. The maximum absolute atomic E-state index is 11.8. The lowest BCUT2D eigenvalue weighted by molar-refractivity contribution is 0.103. The summed E-state index contributed by atoms with van der Waals surface area (Å²) in [6.07, 6.45) is 0. The standard InChI is InChI=1S/C13H10O.C12H9Br/c14-13(11-7-3-1-4-8-11)12-9-5-2-6-10-12;13-12-8-4-7-11(9-12)10-5-2-1-3-6-10/h1-10H;1-9H. The molecule has 2 heteroatoms. The van der Waals surface area contributed by atoms with E-state index in [1.54, 1.807) is 0 Å². The summed E-state index contributed by atoms with van der Waals surface area (Å²) in [6, 6.07) is 37.3. The number of carbonyl (C=O) groups excluding carboxylic acids is 1. The van der Waals surface area contributed by atoms with E-state index in [4.69, 9.17) is 0 Å². The Morgan fingerprint density at radius 2 is 0.963 bits per heavy atom. The highest BCUT2D eigenvalue weighted by Gasteiger charge is 2.06. The normalized spacial score (nSPS) is 9.81. The number of hydrogen-bond acceptors (Lipinski definition) is 1. The first kappa shape index (κ1) is 18.8. The Morgan fingerprint density at radius 3 is 1.44 bits per heavy atom. The third-order valence-electron chi connectivity index (χ3n) is 4.00. The van der Waals surface area contributed by atoms with Gasteiger partial charge in [0.2, 0.25) is 0 Å². The predicted octanol–water partition coefficient (Wildman–Crippen LogP) is 7.03. The van der Waals surface area contributed by atoms with Crippen molar-refractivity contribution in [3.63, 3.8) is 0 Å². The Hall–Kier alpha value is -2.97. The highest BCUT2D eigenvalue weighted by atomic mass is 79.9. The van der Waals surface area contributed by atoms with Gasteiger partial charge in [0.15, 0.2) is 5.78 Å². The van der Waals surface area contributed by atoms with Gasteiger partial charge in [0.05, 0.1) is 0 Å². The Balaban J connectivity index is 0.000000156. The highest BCUT2D eigenvalue weighted by molar-refractivity contribution is 9.10. The van der Waals surface area contributed by atoms with Crippen LogP contribution in [0, 0.1) is 0 Å². The summed E-state index contributed by atoms with van der Waals surface area (Å²) in [4.78, 5) is 11.8. The lowest BCUT2D eigenvalue weighted by atomic mass is 10.0. The van der Waals surface area contributed by atoms with E-state index < -0.39 is 0 Å². The fourth-order valence-electron chi connectivity index (χ4n) is 2.64. The zero-order valence-corrected chi connectivity index (χ0v) is 16.3. The van der Waals surface area contributed by atoms with Crippen molar-refractivity contribution in [1.29, 1.82) is 0 Å². The second-order valence-electron chi connectivity index (χ2n) is 5.94. The number of rotatable bonds is 3. The molecule has 0 fully saturated rings. The molecule has 0 amide bonds. The minimum absolute atomic E-state index is 0.0752. The van der Waals surface area contributed by atoms with E-state index in [0.717, 1.165) is 15.6 Å². The Kier molecular flexibility index (Phi) is 6.72. The monoisotopic (exact) mass is 414 g/mol. The maximum atomic E-state index is 11.8. The van der Waals surface area contributed by atoms with Crippen LogP contribution in [-0.4, -0.2) is 5.78 Å². The summed E-state index contributed by atoms with van der Waals surface area (Å²) in [7, 11) is 0. The van der Waals surface area contributed by atoms with E-state index in [1.165, 1.54) is 11.1 Å². The van der Waals surface area contributed by atoms with E-state index >= 15 is 0 Å². The molecule has 4 aromatic carbocycles. The van der Waals surface area contributed by atoms with Crippen molar-refractivity contribution in [1.82, 2.24) is 0 Å². The van der Waals surface area contributed by atoms with Gasteiger partial charge in [-0.1, -0.05) is 119 Å². The van der Waals surface area contributed by atoms with Gasteiger partial charge in [0.25, 0.3) is 0 Å². The minimum Gasteiger partial charge on any atom is -0.289 e. The first-order valence-electron chi connectivity index (χ1n) is 8.70. The second-order valence-corrected chi connectivity index (χ2v) is 6.85. The molecule has 4 rings (SSSR count). The maximum Gasteiger partial charge on any atom is 0.193 e. The van der Waals surface area contributed by atoms with Crippen molar-refractivity contribution >= 4 is 21.7 Å². The topological polar surface area (TPSA) is 17.1 Å². The van der Waals surface area contributed by atoms with Crippen LogP contribution in [0.1, 0.15) is 15.9 Å². The minimum atomic E-state index is 0.0752. The van der Waals surface area contributed by atoms with Crippen LogP contribution in [0.25, 0.3) is 11.1 Å². The molecule has 0 aliphatic heterocycles. The molecule has 0 heterocycles. The van der Waals surface area contributed by atoms with Crippen LogP contribution in [0.2, 0.25) is 0 Å². The van der Waals surface area contributed by atoms with Crippen LogP contribution >= 0.6 is 15.9 Å². The van der Waals surface area contributed by atoms with Crippen molar-refractivity contribution < 1.29 is 4.79 Å². The number of halogens is 1. The third-order valence-corrected chi connectivity index (χ3v) is 4.50. The molecule has 0 aliphatic carbocycles. The molecule has 4 aromatic rings. The van der Waals surface area contributed by atoms with Crippen LogP contribution in [0.5, 0.6) is 0 Å². The Bertz CT molecular complexity index is 939. The van der Waals surface area contributed by atoms with Crippen LogP contribution in [0.3, 0.4) is 0 Å². The molecule has 27 heavy (non-hydrogen) atoms. The molecular weight excluding hydrogens is 396 g/mol. The van der Waals surface area contributed by atoms with Gasteiger partial charge < -0.3 is 0 Å². The van der Waals surface area contributed by atoms with Crippen molar-refractivity contribution in [2.45, 2.75) is 0 Å².